The molecule has 0 spiro atoms. The molecule has 78 valence electrons. The Morgan fingerprint density at radius 3 is 2.36 bits per heavy atom. The summed E-state index contributed by atoms with van der Waals surface area (Å²) < 4.78 is 17.9. The van der Waals surface area contributed by atoms with E-state index in [1.807, 2.05) is 13.8 Å². The number of nitrogens with two attached hydrogens (primary N) is 1. The van der Waals surface area contributed by atoms with Crippen LogP contribution in [0.25, 0.3) is 0 Å². The molecule has 1 aromatic carbocycles. The predicted octanol–water partition coefficient (Wildman–Crippen LogP) is 2.19. The minimum Gasteiger partial charge on any atom is -0.492 e. The Hall–Kier alpha value is -1.09. The molecule has 1 rings (SSSR count). The van der Waals surface area contributed by atoms with Crippen LogP contribution in [0.15, 0.2) is 24.3 Å². The molecule has 0 radical (unpaired) electrons. The van der Waals surface area contributed by atoms with E-state index in [9.17, 15) is 4.39 Å². The van der Waals surface area contributed by atoms with E-state index in [1.54, 1.807) is 12.1 Å². The maximum atomic E-state index is 12.5. The van der Waals surface area contributed by atoms with E-state index in [-0.39, 0.29) is 11.9 Å². The van der Waals surface area contributed by atoms with Crippen molar-refractivity contribution in [1.29, 1.82) is 0 Å². The quantitative estimate of drug-likeness (QED) is 0.803. The Balaban J connectivity index is 2.42. The van der Waals surface area contributed by atoms with Crippen LogP contribution in [-0.4, -0.2) is 12.6 Å². The molecule has 1 aromatic rings. The standard InChI is InChI=1S/C11H16FNO/c1-8(2)11(13)7-14-10-5-3-9(12)4-6-10/h3-6,8,11H,7,13H2,1-2H3/t11-/m0/s1. The van der Waals surface area contributed by atoms with Crippen LogP contribution in [0.3, 0.4) is 0 Å². The maximum Gasteiger partial charge on any atom is 0.123 e. The highest BCUT2D eigenvalue weighted by molar-refractivity contribution is 5.22. The number of hydrogen-bond acceptors (Lipinski definition) is 2. The molecular weight excluding hydrogens is 181 g/mol. The summed E-state index contributed by atoms with van der Waals surface area (Å²) in [5, 5.41) is 0. The van der Waals surface area contributed by atoms with E-state index in [0.717, 1.165) is 0 Å². The van der Waals surface area contributed by atoms with E-state index in [2.05, 4.69) is 0 Å². The van der Waals surface area contributed by atoms with E-state index >= 15 is 0 Å². The van der Waals surface area contributed by atoms with Gasteiger partial charge in [0.2, 0.25) is 0 Å². The summed E-state index contributed by atoms with van der Waals surface area (Å²) in [6.07, 6.45) is 0. The summed E-state index contributed by atoms with van der Waals surface area (Å²) in [7, 11) is 0. The fraction of sp³-hybridized carbons (Fsp3) is 0.455. The van der Waals surface area contributed by atoms with Gasteiger partial charge in [0.05, 0.1) is 0 Å². The third kappa shape index (κ3) is 3.34. The lowest BCUT2D eigenvalue weighted by Gasteiger charge is -2.16. The molecule has 0 heterocycles. The Kier molecular flexibility index (Phi) is 3.89. The van der Waals surface area contributed by atoms with Crippen LogP contribution in [0, 0.1) is 11.7 Å². The molecule has 14 heavy (non-hydrogen) atoms. The van der Waals surface area contributed by atoms with Gasteiger partial charge in [-0.05, 0) is 30.2 Å². The van der Waals surface area contributed by atoms with Gasteiger partial charge in [-0.2, -0.15) is 0 Å². The van der Waals surface area contributed by atoms with Crippen molar-refractivity contribution < 1.29 is 9.13 Å². The highest BCUT2D eigenvalue weighted by Crippen LogP contribution is 2.11. The van der Waals surface area contributed by atoms with Gasteiger partial charge in [0.1, 0.15) is 18.2 Å². The zero-order chi connectivity index (χ0) is 10.6. The van der Waals surface area contributed by atoms with Gasteiger partial charge in [-0.25, -0.2) is 4.39 Å². The first-order chi connectivity index (χ1) is 6.59. The molecule has 0 aliphatic rings. The number of rotatable bonds is 4. The van der Waals surface area contributed by atoms with Crippen LogP contribution in [-0.2, 0) is 0 Å². The molecule has 0 fully saturated rings. The van der Waals surface area contributed by atoms with Gasteiger partial charge < -0.3 is 10.5 Å². The summed E-state index contributed by atoms with van der Waals surface area (Å²) in [4.78, 5) is 0. The molecule has 0 saturated carbocycles. The Labute approximate surface area is 83.9 Å². The van der Waals surface area contributed by atoms with Crippen LogP contribution in [0.1, 0.15) is 13.8 Å². The van der Waals surface area contributed by atoms with Crippen molar-refractivity contribution in [2.45, 2.75) is 19.9 Å². The second kappa shape index (κ2) is 4.96. The molecule has 1 atom stereocenters. The lowest BCUT2D eigenvalue weighted by molar-refractivity contribution is 0.259. The van der Waals surface area contributed by atoms with Crippen LogP contribution in [0.4, 0.5) is 4.39 Å². The first kappa shape index (κ1) is 11.0. The van der Waals surface area contributed by atoms with Gasteiger partial charge in [0.25, 0.3) is 0 Å². The van der Waals surface area contributed by atoms with E-state index in [1.165, 1.54) is 12.1 Å². The fourth-order valence-electron chi connectivity index (χ4n) is 0.916. The summed E-state index contributed by atoms with van der Waals surface area (Å²) >= 11 is 0. The predicted molar refractivity (Wildman–Crippen MR) is 54.7 cm³/mol. The summed E-state index contributed by atoms with van der Waals surface area (Å²) in [6.45, 7) is 4.54. The average Bonchev–Trinajstić information content (AvgIpc) is 2.16. The largest absolute Gasteiger partial charge is 0.492 e. The average molecular weight is 197 g/mol. The van der Waals surface area contributed by atoms with Gasteiger partial charge in [0, 0.05) is 6.04 Å². The van der Waals surface area contributed by atoms with Gasteiger partial charge in [-0.15, -0.1) is 0 Å². The minimum atomic E-state index is -0.259. The van der Waals surface area contributed by atoms with Crippen LogP contribution >= 0.6 is 0 Å². The summed E-state index contributed by atoms with van der Waals surface area (Å²) in [5.74, 6) is 0.781. The van der Waals surface area contributed by atoms with Crippen LogP contribution in [0.2, 0.25) is 0 Å². The number of ether oxygens (including phenoxy) is 1. The third-order valence-electron chi connectivity index (χ3n) is 2.11. The molecular formula is C11H16FNO. The van der Waals surface area contributed by atoms with E-state index in [0.29, 0.717) is 18.3 Å². The Morgan fingerprint density at radius 1 is 1.29 bits per heavy atom. The molecule has 0 saturated heterocycles. The third-order valence-corrected chi connectivity index (χ3v) is 2.11. The van der Waals surface area contributed by atoms with Crippen molar-refractivity contribution in [3.63, 3.8) is 0 Å². The van der Waals surface area contributed by atoms with Crippen molar-refractivity contribution in [2.24, 2.45) is 11.7 Å². The maximum absolute atomic E-state index is 12.5. The molecule has 3 heteroatoms. The monoisotopic (exact) mass is 197 g/mol. The highest BCUT2D eigenvalue weighted by Gasteiger charge is 2.07. The number of benzene rings is 1. The van der Waals surface area contributed by atoms with Crippen molar-refractivity contribution in [1.82, 2.24) is 0 Å². The van der Waals surface area contributed by atoms with Crippen molar-refractivity contribution >= 4 is 0 Å². The topological polar surface area (TPSA) is 35.2 Å². The molecule has 0 bridgehead atoms. The second-order valence-corrected chi connectivity index (χ2v) is 3.67. The summed E-state index contributed by atoms with van der Waals surface area (Å²) in [5.41, 5.74) is 5.80. The van der Waals surface area contributed by atoms with E-state index in [4.69, 9.17) is 10.5 Å². The van der Waals surface area contributed by atoms with Gasteiger partial charge in [0.15, 0.2) is 0 Å². The molecule has 0 amide bonds. The zero-order valence-corrected chi connectivity index (χ0v) is 8.53. The van der Waals surface area contributed by atoms with Crippen LogP contribution in [0.5, 0.6) is 5.75 Å². The normalized spacial score (nSPS) is 12.9. The zero-order valence-electron chi connectivity index (χ0n) is 8.53. The SMILES string of the molecule is CC(C)[C@@H](N)COc1ccc(F)cc1. The Morgan fingerprint density at radius 2 is 1.86 bits per heavy atom. The smallest absolute Gasteiger partial charge is 0.123 e. The van der Waals surface area contributed by atoms with Gasteiger partial charge >= 0.3 is 0 Å². The second-order valence-electron chi connectivity index (χ2n) is 3.67. The molecule has 0 aliphatic heterocycles. The summed E-state index contributed by atoms with van der Waals surface area (Å²) in [6, 6.07) is 5.96. The minimum absolute atomic E-state index is 0.0139. The van der Waals surface area contributed by atoms with Crippen molar-refractivity contribution in [2.75, 3.05) is 6.61 Å². The molecule has 0 aromatic heterocycles. The van der Waals surface area contributed by atoms with Crippen molar-refractivity contribution in [3.05, 3.63) is 30.1 Å². The van der Waals surface area contributed by atoms with Gasteiger partial charge in [-0.1, -0.05) is 13.8 Å². The lowest BCUT2D eigenvalue weighted by atomic mass is 10.1. The van der Waals surface area contributed by atoms with Gasteiger partial charge in [-0.3, -0.25) is 0 Å². The Bertz CT molecular complexity index is 271. The van der Waals surface area contributed by atoms with Crippen molar-refractivity contribution in [3.8, 4) is 5.75 Å². The molecule has 2 N–H and O–H groups in total. The number of halogens is 1. The lowest BCUT2D eigenvalue weighted by Crippen LogP contribution is -2.32. The highest BCUT2D eigenvalue weighted by atomic mass is 19.1. The van der Waals surface area contributed by atoms with E-state index < -0.39 is 0 Å². The fourth-order valence-corrected chi connectivity index (χ4v) is 0.916. The van der Waals surface area contributed by atoms with Crippen LogP contribution < -0.4 is 10.5 Å². The first-order valence-electron chi connectivity index (χ1n) is 4.73. The first-order valence-corrected chi connectivity index (χ1v) is 4.73. The molecule has 0 aliphatic carbocycles. The number of hydrogen-bond donors (Lipinski definition) is 1. The molecule has 2 nitrogen and oxygen atoms in total. The molecule has 0 unspecified atom stereocenters.